The van der Waals surface area contributed by atoms with Crippen molar-refractivity contribution in [1.82, 2.24) is 0 Å². The van der Waals surface area contributed by atoms with E-state index >= 15 is 4.57 Å². The highest BCUT2D eigenvalue weighted by atomic mass is 31.2. The quantitative estimate of drug-likeness (QED) is 0.139. The van der Waals surface area contributed by atoms with Gasteiger partial charge in [-0.1, -0.05) is 228 Å². The van der Waals surface area contributed by atoms with Crippen molar-refractivity contribution in [1.29, 1.82) is 0 Å². The Labute approximate surface area is 434 Å². The van der Waals surface area contributed by atoms with E-state index in [4.69, 9.17) is 9.05 Å². The van der Waals surface area contributed by atoms with Crippen molar-refractivity contribution >= 4 is 36.3 Å². The van der Waals surface area contributed by atoms with Crippen molar-refractivity contribution in [2.45, 2.75) is 157 Å². The molecule has 0 spiro atoms. The third-order valence-electron chi connectivity index (χ3n) is 13.9. The van der Waals surface area contributed by atoms with Crippen LogP contribution in [0.2, 0.25) is 0 Å². The van der Waals surface area contributed by atoms with Gasteiger partial charge in [0.1, 0.15) is 27.4 Å². The van der Waals surface area contributed by atoms with E-state index in [9.17, 15) is 4.89 Å². The molecule has 378 valence electrons. The highest BCUT2D eigenvalue weighted by Crippen LogP contribution is 2.55. The molecule has 0 aliphatic rings. The van der Waals surface area contributed by atoms with E-state index in [2.05, 4.69) is 240 Å². The monoisotopic (exact) mass is 1000 g/mol. The second-order valence-electron chi connectivity index (χ2n) is 26.0. The lowest BCUT2D eigenvalue weighted by Crippen LogP contribution is -2.36. The lowest BCUT2D eigenvalue weighted by atomic mass is 9.80. The average Bonchev–Trinajstić information content (AvgIpc) is 3.30. The van der Waals surface area contributed by atoms with Gasteiger partial charge in [0.15, 0.2) is 0 Å². The summed E-state index contributed by atoms with van der Waals surface area (Å²) in [5.74, 6) is 1.07. The van der Waals surface area contributed by atoms with Gasteiger partial charge in [0.25, 0.3) is 0 Å². The molecule has 0 aromatic heterocycles. The van der Waals surface area contributed by atoms with Gasteiger partial charge in [0, 0.05) is 16.7 Å². The van der Waals surface area contributed by atoms with Gasteiger partial charge < -0.3 is 9.05 Å². The highest BCUT2D eigenvalue weighted by molar-refractivity contribution is 7.91. The first-order valence-corrected chi connectivity index (χ1v) is 28.9. The van der Waals surface area contributed by atoms with Gasteiger partial charge in [-0.2, -0.15) is 0 Å². The van der Waals surface area contributed by atoms with Crippen molar-refractivity contribution < 1.29 is 18.5 Å². The lowest BCUT2D eigenvalue weighted by molar-refractivity contribution is 0.387. The van der Waals surface area contributed by atoms with Gasteiger partial charge in [-0.05, 0) is 126 Å². The second kappa shape index (κ2) is 19.6. The molecule has 1 unspecified atom stereocenters. The molecule has 4 nitrogen and oxygen atoms in total. The molecule has 72 heavy (non-hydrogen) atoms. The molecule has 1 N–H and O–H groups in total. The molecule has 0 heterocycles. The fraction of sp³-hybridized carbons (Fsp3) is 0.364. The van der Waals surface area contributed by atoms with Crippen LogP contribution in [0.4, 0.5) is 0 Å². The van der Waals surface area contributed by atoms with Crippen molar-refractivity contribution in [3.05, 3.63) is 191 Å². The van der Waals surface area contributed by atoms with Gasteiger partial charge in [-0.15, -0.1) is 0 Å². The zero-order chi connectivity index (χ0) is 53.0. The summed E-state index contributed by atoms with van der Waals surface area (Å²) in [5.41, 5.74) is 9.68. The standard InChI is InChI=1S/C66H81O4P2/c1-61(2,3)49-30-39-58(55(42-49)64(10,11)12)69-72(68,70-59-40-31-50(62(4,5)6)43-56(59)65(13,14)15)54-37-28-48(29-38-54)47-26-35-53(36-27-47)71(67,52-33-24-46(25-34-52)45-22-20-19-21-23-45)60-41-32-51(63(7,8)9)44-57(60)66(16,17)18/h19-44,67H,1-18H3/q+1. The summed E-state index contributed by atoms with van der Waals surface area (Å²) in [6, 6.07) is 54.2. The first-order chi connectivity index (χ1) is 33.2. The average molecular weight is 1000 g/mol. The molecule has 0 aliphatic heterocycles. The Kier molecular flexibility index (Phi) is 14.8. The van der Waals surface area contributed by atoms with Crippen LogP contribution in [-0.4, -0.2) is 4.89 Å². The van der Waals surface area contributed by atoms with Crippen LogP contribution in [0, 0.1) is 0 Å². The molecule has 1 atom stereocenters. The summed E-state index contributed by atoms with van der Waals surface area (Å²) in [5, 5.41) is 3.19. The number of hydrogen-bond acceptors (Lipinski definition) is 4. The van der Waals surface area contributed by atoms with Gasteiger partial charge in [-0.3, -0.25) is 0 Å². The molecule has 0 fully saturated rings. The minimum absolute atomic E-state index is 0.0598. The van der Waals surface area contributed by atoms with Crippen molar-refractivity contribution in [2.24, 2.45) is 0 Å². The Bertz CT molecular complexity index is 2990. The molecule has 6 heteroatoms. The first-order valence-electron chi connectivity index (χ1n) is 25.6. The number of benzene rings is 7. The van der Waals surface area contributed by atoms with Gasteiger partial charge in [0.2, 0.25) is 7.49 Å². The lowest BCUT2D eigenvalue weighted by Gasteiger charge is -2.31. The van der Waals surface area contributed by atoms with Crippen molar-refractivity contribution in [3.8, 4) is 33.8 Å². The molecule has 0 saturated carbocycles. The summed E-state index contributed by atoms with van der Waals surface area (Å²) >= 11 is 0. The summed E-state index contributed by atoms with van der Waals surface area (Å²) in [7, 11) is -7.29. The summed E-state index contributed by atoms with van der Waals surface area (Å²) in [6.45, 7) is 39.6. The molecule has 7 aromatic rings. The smallest absolute Gasteiger partial charge is 0.412 e. The highest BCUT2D eigenvalue weighted by Gasteiger charge is 2.48. The molecule has 7 rings (SSSR count). The minimum atomic E-state index is -4.11. The number of rotatable bonds is 10. The third-order valence-corrected chi connectivity index (χ3v) is 18.9. The fourth-order valence-electron chi connectivity index (χ4n) is 9.23. The molecule has 0 saturated heterocycles. The van der Waals surface area contributed by atoms with Crippen LogP contribution in [0.1, 0.15) is 158 Å². The van der Waals surface area contributed by atoms with E-state index in [0.717, 1.165) is 54.9 Å². The Hall–Kier alpha value is -5.24. The van der Waals surface area contributed by atoms with Gasteiger partial charge in [0.05, 0.1) is 5.30 Å². The van der Waals surface area contributed by atoms with E-state index in [1.165, 1.54) is 16.7 Å². The zero-order valence-corrected chi connectivity index (χ0v) is 48.4. The Morgan fingerprint density at radius 1 is 0.361 bits per heavy atom. The van der Waals surface area contributed by atoms with Gasteiger partial charge in [-0.25, -0.2) is 9.46 Å². The maximum Gasteiger partial charge on any atom is 0.462 e. The topological polar surface area (TPSA) is 55.8 Å². The van der Waals surface area contributed by atoms with E-state index in [1.807, 2.05) is 42.5 Å². The van der Waals surface area contributed by atoms with E-state index in [0.29, 0.717) is 16.8 Å². The van der Waals surface area contributed by atoms with E-state index in [1.54, 1.807) is 0 Å². The van der Waals surface area contributed by atoms with Crippen LogP contribution >= 0.6 is 15.1 Å². The SMILES string of the molecule is CC(C)(C)c1ccc(OP(=O)(Oc2ccc(C(C)(C)C)cc2C(C)(C)C)c2ccc(-c3ccc([P+](O)(c4ccc(-c5ccccc5)cc4)c4ccc(C(C)(C)C)cc4C(C)(C)C)cc3)cc2)c(C(C)(C)C)c1. The minimum Gasteiger partial charge on any atom is -0.412 e. The van der Waals surface area contributed by atoms with Crippen LogP contribution in [0.5, 0.6) is 11.5 Å². The largest absolute Gasteiger partial charge is 0.462 e. The molecular formula is C66H81O4P2+. The Balaban J connectivity index is 1.33. The van der Waals surface area contributed by atoms with Crippen LogP contribution in [0.15, 0.2) is 158 Å². The first kappa shape index (κ1) is 54.5. The third kappa shape index (κ3) is 11.7. The molecule has 7 aromatic carbocycles. The van der Waals surface area contributed by atoms with Crippen molar-refractivity contribution in [3.63, 3.8) is 0 Å². The molecule has 0 amide bonds. The predicted molar refractivity (Wildman–Crippen MR) is 312 cm³/mol. The van der Waals surface area contributed by atoms with Crippen LogP contribution in [0.3, 0.4) is 0 Å². The van der Waals surface area contributed by atoms with Crippen LogP contribution in [-0.2, 0) is 37.1 Å². The summed E-state index contributed by atoms with van der Waals surface area (Å²) in [4.78, 5) is 13.7. The second-order valence-corrected chi connectivity index (χ2v) is 30.6. The predicted octanol–water partition coefficient (Wildman–Crippen LogP) is 17.0. The maximum atomic E-state index is 16.0. The van der Waals surface area contributed by atoms with E-state index in [-0.39, 0.29) is 32.5 Å². The summed E-state index contributed by atoms with van der Waals surface area (Å²) < 4.78 is 29.7. The van der Waals surface area contributed by atoms with Crippen LogP contribution < -0.4 is 30.3 Å². The molecule has 0 aliphatic carbocycles. The zero-order valence-electron chi connectivity index (χ0n) is 46.6. The Morgan fingerprint density at radius 3 is 1.03 bits per heavy atom. The normalized spacial score (nSPS) is 13.9. The number of hydrogen-bond donors (Lipinski definition) is 1. The maximum absolute atomic E-state index is 16.0. The fourth-order valence-corrected chi connectivity index (χ4v) is 13.9. The van der Waals surface area contributed by atoms with Crippen molar-refractivity contribution in [2.75, 3.05) is 0 Å². The molecule has 0 bridgehead atoms. The van der Waals surface area contributed by atoms with E-state index < -0.39 is 15.1 Å². The summed E-state index contributed by atoms with van der Waals surface area (Å²) in [6.07, 6.45) is 0. The Morgan fingerprint density at radius 2 is 0.681 bits per heavy atom. The van der Waals surface area contributed by atoms with Crippen LogP contribution in [0.25, 0.3) is 22.3 Å². The molecule has 0 radical (unpaired) electrons. The molecular weight excluding hydrogens is 919 g/mol. The van der Waals surface area contributed by atoms with Gasteiger partial charge >= 0.3 is 7.60 Å².